The molecule has 0 unspecified atom stereocenters. The molecular formula is C19H21N7O. The van der Waals surface area contributed by atoms with Gasteiger partial charge >= 0.3 is 6.03 Å². The van der Waals surface area contributed by atoms with E-state index in [4.69, 9.17) is 10.7 Å². The third kappa shape index (κ3) is 3.29. The lowest BCUT2D eigenvalue weighted by Crippen LogP contribution is -2.58. The Morgan fingerprint density at radius 3 is 3.00 bits per heavy atom. The number of carbonyl (C=O) groups is 1. The summed E-state index contributed by atoms with van der Waals surface area (Å²) in [6.07, 6.45) is 5.34. The van der Waals surface area contributed by atoms with E-state index in [0.29, 0.717) is 23.9 Å². The van der Waals surface area contributed by atoms with E-state index in [9.17, 15) is 10.1 Å². The Bertz CT molecular complexity index is 882. The van der Waals surface area contributed by atoms with Crippen LogP contribution in [0, 0.1) is 11.3 Å². The van der Waals surface area contributed by atoms with Gasteiger partial charge in [-0.3, -0.25) is 14.8 Å². The third-order valence-electron chi connectivity index (χ3n) is 4.95. The smallest absolute Gasteiger partial charge is 0.334 e. The van der Waals surface area contributed by atoms with Gasteiger partial charge in [-0.15, -0.1) is 0 Å². The van der Waals surface area contributed by atoms with E-state index in [-0.39, 0.29) is 25.3 Å². The molecule has 4 rings (SSSR count). The molecule has 2 amide bonds. The standard InChI is InChI=1S/C19H21N7O/c20-10-14-4-1-2-5-15(14)11-25-18(24-9-3-6-16(21)12-24)23-17-7-8-22-13-26(17)19(25)27/h1-2,4-5,7-8,16H,3,6,9,11-13,21H2/t16-/m1/s1. The average Bonchev–Trinajstić information content (AvgIpc) is 2.70. The first-order valence-electron chi connectivity index (χ1n) is 9.04. The molecule has 2 N–H and O–H groups in total. The maximum atomic E-state index is 13.2. The Balaban J connectivity index is 1.72. The molecule has 3 aliphatic rings. The summed E-state index contributed by atoms with van der Waals surface area (Å²) in [5.41, 5.74) is 7.49. The van der Waals surface area contributed by atoms with Gasteiger partial charge < -0.3 is 10.6 Å². The number of amides is 2. The lowest BCUT2D eigenvalue weighted by atomic mass is 10.1. The molecule has 0 bridgehead atoms. The fourth-order valence-corrected chi connectivity index (χ4v) is 3.57. The van der Waals surface area contributed by atoms with Gasteiger partial charge in [0.1, 0.15) is 12.5 Å². The maximum Gasteiger partial charge on any atom is 0.334 e. The molecule has 1 atom stereocenters. The molecule has 0 aromatic heterocycles. The number of rotatable bonds is 2. The van der Waals surface area contributed by atoms with Gasteiger partial charge in [0.2, 0.25) is 5.96 Å². The van der Waals surface area contributed by atoms with Gasteiger partial charge in [0.15, 0.2) is 0 Å². The van der Waals surface area contributed by atoms with Crippen LogP contribution in [0.4, 0.5) is 4.79 Å². The summed E-state index contributed by atoms with van der Waals surface area (Å²) in [6, 6.07) is 9.38. The van der Waals surface area contributed by atoms with E-state index >= 15 is 0 Å². The predicted molar refractivity (Wildman–Crippen MR) is 102 cm³/mol. The summed E-state index contributed by atoms with van der Waals surface area (Å²) in [6.45, 7) is 1.99. The minimum absolute atomic E-state index is 0.0599. The average molecular weight is 363 g/mol. The molecule has 27 heavy (non-hydrogen) atoms. The quantitative estimate of drug-likeness (QED) is 0.859. The second-order valence-electron chi connectivity index (χ2n) is 6.82. The topological polar surface area (TPSA) is 101 Å². The first-order valence-corrected chi connectivity index (χ1v) is 9.04. The highest BCUT2D eigenvalue weighted by atomic mass is 16.2. The van der Waals surface area contributed by atoms with Gasteiger partial charge in [0, 0.05) is 25.3 Å². The first-order chi connectivity index (χ1) is 13.2. The fraction of sp³-hybridized carbons (Fsp3) is 0.368. The molecule has 8 nitrogen and oxygen atoms in total. The highest BCUT2D eigenvalue weighted by molar-refractivity contribution is 6.00. The number of nitrogens with zero attached hydrogens (tertiary/aromatic N) is 6. The Morgan fingerprint density at radius 1 is 1.33 bits per heavy atom. The van der Waals surface area contributed by atoms with E-state index in [1.165, 1.54) is 0 Å². The summed E-state index contributed by atoms with van der Waals surface area (Å²) in [4.78, 5) is 27.4. The van der Waals surface area contributed by atoms with Gasteiger partial charge in [-0.25, -0.2) is 4.79 Å². The van der Waals surface area contributed by atoms with Crippen molar-refractivity contribution in [1.82, 2.24) is 14.7 Å². The number of carbonyl (C=O) groups excluding carboxylic acids is 1. The summed E-state index contributed by atoms with van der Waals surface area (Å²) in [5, 5.41) is 9.40. The van der Waals surface area contributed by atoms with E-state index in [1.807, 2.05) is 18.2 Å². The molecule has 1 saturated heterocycles. The highest BCUT2D eigenvalue weighted by Gasteiger charge is 2.37. The van der Waals surface area contributed by atoms with Crippen molar-refractivity contribution < 1.29 is 4.79 Å². The van der Waals surface area contributed by atoms with Gasteiger partial charge in [-0.2, -0.15) is 10.3 Å². The van der Waals surface area contributed by atoms with Crippen LogP contribution in [-0.4, -0.2) is 58.7 Å². The van der Waals surface area contributed by atoms with Gasteiger partial charge in [-0.05, 0) is 30.5 Å². The number of urea groups is 1. The monoisotopic (exact) mass is 363 g/mol. The zero-order valence-electron chi connectivity index (χ0n) is 15.0. The van der Waals surface area contributed by atoms with Crippen LogP contribution in [0.1, 0.15) is 24.0 Å². The van der Waals surface area contributed by atoms with E-state index in [2.05, 4.69) is 16.0 Å². The number of aliphatic imine (C=N–C) groups is 2. The van der Waals surface area contributed by atoms with Crippen LogP contribution in [0.5, 0.6) is 0 Å². The molecular weight excluding hydrogens is 342 g/mol. The minimum atomic E-state index is -0.185. The first kappa shape index (κ1) is 17.2. The summed E-state index contributed by atoms with van der Waals surface area (Å²) >= 11 is 0. The number of fused-ring (bicyclic) bond motifs is 1. The van der Waals surface area contributed by atoms with Crippen molar-refractivity contribution in [1.29, 1.82) is 5.26 Å². The van der Waals surface area contributed by atoms with Crippen LogP contribution >= 0.6 is 0 Å². The minimum Gasteiger partial charge on any atom is -0.341 e. The Kier molecular flexibility index (Phi) is 4.60. The maximum absolute atomic E-state index is 13.2. The Morgan fingerprint density at radius 2 is 2.19 bits per heavy atom. The van der Waals surface area contributed by atoms with Crippen LogP contribution in [0.25, 0.3) is 0 Å². The molecule has 0 aliphatic carbocycles. The van der Waals surface area contributed by atoms with Crippen LogP contribution in [0.2, 0.25) is 0 Å². The number of likely N-dealkylation sites (tertiary alicyclic amines) is 1. The summed E-state index contributed by atoms with van der Waals surface area (Å²) in [7, 11) is 0. The number of piperidine rings is 1. The largest absolute Gasteiger partial charge is 0.341 e. The van der Waals surface area contributed by atoms with E-state index in [0.717, 1.165) is 24.9 Å². The normalized spacial score (nSPS) is 22.1. The third-order valence-corrected chi connectivity index (χ3v) is 4.95. The number of nitrogens with two attached hydrogens (primary N) is 1. The lowest BCUT2D eigenvalue weighted by Gasteiger charge is -2.42. The van der Waals surface area contributed by atoms with E-state index < -0.39 is 0 Å². The molecule has 0 spiro atoms. The van der Waals surface area contributed by atoms with Crippen LogP contribution in [0.3, 0.4) is 0 Å². The highest BCUT2D eigenvalue weighted by Crippen LogP contribution is 2.25. The molecule has 1 aromatic carbocycles. The van der Waals surface area contributed by atoms with Crippen molar-refractivity contribution in [3.05, 3.63) is 47.3 Å². The van der Waals surface area contributed by atoms with Crippen molar-refractivity contribution in [2.24, 2.45) is 15.7 Å². The predicted octanol–water partition coefficient (Wildman–Crippen LogP) is 1.46. The van der Waals surface area contributed by atoms with Crippen molar-refractivity contribution in [3.8, 4) is 6.07 Å². The number of benzene rings is 1. The summed E-state index contributed by atoms with van der Waals surface area (Å²) < 4.78 is 0. The van der Waals surface area contributed by atoms with Gasteiger partial charge in [0.25, 0.3) is 0 Å². The zero-order valence-corrected chi connectivity index (χ0v) is 15.0. The van der Waals surface area contributed by atoms with Gasteiger partial charge in [0.05, 0.1) is 18.2 Å². The number of hydrogen-bond acceptors (Lipinski definition) is 6. The molecule has 0 saturated carbocycles. The van der Waals surface area contributed by atoms with E-state index in [1.54, 1.807) is 28.2 Å². The molecule has 3 aliphatic heterocycles. The molecule has 1 aromatic rings. The number of allylic oxidation sites excluding steroid dienone is 1. The summed E-state index contributed by atoms with van der Waals surface area (Å²) in [5.74, 6) is 1.19. The second-order valence-corrected chi connectivity index (χ2v) is 6.82. The van der Waals surface area contributed by atoms with Crippen molar-refractivity contribution in [2.75, 3.05) is 19.8 Å². The number of hydrogen-bond donors (Lipinski definition) is 1. The molecule has 138 valence electrons. The Labute approximate surface area is 157 Å². The molecule has 8 heteroatoms. The van der Waals surface area contributed by atoms with Crippen LogP contribution in [0.15, 0.2) is 46.1 Å². The second kappa shape index (κ2) is 7.21. The van der Waals surface area contributed by atoms with Crippen LogP contribution in [-0.2, 0) is 6.54 Å². The zero-order chi connectivity index (χ0) is 18.8. The molecule has 0 radical (unpaired) electrons. The van der Waals surface area contributed by atoms with Crippen LogP contribution < -0.4 is 5.73 Å². The van der Waals surface area contributed by atoms with Crippen molar-refractivity contribution >= 4 is 18.2 Å². The molecule has 1 fully saturated rings. The van der Waals surface area contributed by atoms with Gasteiger partial charge in [-0.1, -0.05) is 18.2 Å². The fourth-order valence-electron chi connectivity index (χ4n) is 3.57. The molecule has 3 heterocycles. The number of guanidine groups is 1. The van der Waals surface area contributed by atoms with Crippen molar-refractivity contribution in [2.45, 2.75) is 25.4 Å². The van der Waals surface area contributed by atoms with Crippen molar-refractivity contribution in [3.63, 3.8) is 0 Å². The lowest BCUT2D eigenvalue weighted by molar-refractivity contribution is 0.170. The number of nitriles is 1. The Hall–Kier alpha value is -3.18. The SMILES string of the molecule is N#Cc1ccccc1CN1C(=O)N2CN=CC=C2N=C1N1CCC[C@@H](N)C1.